The van der Waals surface area contributed by atoms with E-state index in [1.54, 1.807) is 24.3 Å². The second-order valence-corrected chi connectivity index (χ2v) is 8.77. The maximum absolute atomic E-state index is 12.9. The zero-order valence-electron chi connectivity index (χ0n) is 16.2. The molecule has 148 valence electrons. The molecule has 1 aliphatic carbocycles. The number of anilines is 2. The fourth-order valence-electron chi connectivity index (χ4n) is 3.50. The molecule has 1 saturated heterocycles. The summed E-state index contributed by atoms with van der Waals surface area (Å²) in [5.41, 5.74) is 1.32. The second kappa shape index (κ2) is 7.95. The van der Waals surface area contributed by atoms with Gasteiger partial charge in [0.2, 0.25) is 11.9 Å². The lowest BCUT2D eigenvalue weighted by atomic mass is 10.1. The van der Waals surface area contributed by atoms with E-state index in [-0.39, 0.29) is 16.9 Å². The normalized spacial score (nSPS) is 17.6. The average Bonchev–Trinajstić information content (AvgIpc) is 3.20. The van der Waals surface area contributed by atoms with Gasteiger partial charge in [-0.3, -0.25) is 14.2 Å². The van der Waals surface area contributed by atoms with Gasteiger partial charge in [-0.25, -0.2) is 0 Å². The standard InChI is InChI=1S/C20H25N5O2S/c1-13(18(27)15-5-7-16(8-6-15)21-14(2)26)28-20-23-22-19(24-11-3-4-12-24)25(20)17-9-10-17/h5-8,13,17H,3-4,9-12H2,1-2H3,(H,21,26). The highest BCUT2D eigenvalue weighted by atomic mass is 32.2. The molecule has 0 bridgehead atoms. The van der Waals surface area contributed by atoms with Crippen molar-refractivity contribution in [1.29, 1.82) is 0 Å². The van der Waals surface area contributed by atoms with E-state index in [1.165, 1.54) is 31.5 Å². The Labute approximate surface area is 168 Å². The van der Waals surface area contributed by atoms with E-state index >= 15 is 0 Å². The van der Waals surface area contributed by atoms with Gasteiger partial charge in [0.15, 0.2) is 10.9 Å². The SMILES string of the molecule is CC(=O)Nc1ccc(C(=O)C(C)Sc2nnc(N3CCCC3)n2C2CC2)cc1. The fourth-order valence-corrected chi connectivity index (χ4v) is 4.49. The van der Waals surface area contributed by atoms with Gasteiger partial charge < -0.3 is 10.2 Å². The van der Waals surface area contributed by atoms with E-state index in [0.717, 1.165) is 37.0 Å². The topological polar surface area (TPSA) is 80.1 Å². The monoisotopic (exact) mass is 399 g/mol. The number of Topliss-reactive ketones (excluding diaryl/α,β-unsaturated/α-hetero) is 1. The summed E-state index contributed by atoms with van der Waals surface area (Å²) in [4.78, 5) is 26.3. The number of amides is 1. The molecular formula is C20H25N5O2S. The van der Waals surface area contributed by atoms with Crippen LogP contribution in [0.4, 0.5) is 11.6 Å². The van der Waals surface area contributed by atoms with Gasteiger partial charge >= 0.3 is 0 Å². The van der Waals surface area contributed by atoms with Crippen molar-refractivity contribution in [2.45, 2.75) is 56.0 Å². The van der Waals surface area contributed by atoms with Gasteiger partial charge in [-0.15, -0.1) is 10.2 Å². The van der Waals surface area contributed by atoms with Crippen LogP contribution in [0.15, 0.2) is 29.4 Å². The molecule has 4 rings (SSSR count). The van der Waals surface area contributed by atoms with E-state index < -0.39 is 0 Å². The lowest BCUT2D eigenvalue weighted by Gasteiger charge is -2.18. The zero-order chi connectivity index (χ0) is 19.7. The van der Waals surface area contributed by atoms with Gasteiger partial charge in [0.05, 0.1) is 5.25 Å². The Hall–Kier alpha value is -2.35. The van der Waals surface area contributed by atoms with Crippen LogP contribution < -0.4 is 10.2 Å². The Kier molecular flexibility index (Phi) is 5.39. The van der Waals surface area contributed by atoms with Gasteiger partial charge in [-0.1, -0.05) is 11.8 Å². The number of nitrogens with one attached hydrogen (secondary N) is 1. The van der Waals surface area contributed by atoms with Gasteiger partial charge in [0, 0.05) is 37.3 Å². The first-order valence-electron chi connectivity index (χ1n) is 9.81. The number of hydrogen-bond acceptors (Lipinski definition) is 6. The van der Waals surface area contributed by atoms with Crippen LogP contribution in [-0.4, -0.2) is 44.8 Å². The van der Waals surface area contributed by atoms with Gasteiger partial charge in [-0.05, 0) is 56.9 Å². The first-order valence-corrected chi connectivity index (χ1v) is 10.7. The molecule has 28 heavy (non-hydrogen) atoms. The molecule has 2 aromatic rings. The largest absolute Gasteiger partial charge is 0.341 e. The average molecular weight is 400 g/mol. The summed E-state index contributed by atoms with van der Waals surface area (Å²) in [6.45, 7) is 5.44. The Morgan fingerprint density at radius 1 is 1.14 bits per heavy atom. The molecule has 2 heterocycles. The van der Waals surface area contributed by atoms with Gasteiger partial charge in [-0.2, -0.15) is 0 Å². The number of nitrogens with zero attached hydrogens (tertiary/aromatic N) is 4. The molecule has 8 heteroatoms. The minimum Gasteiger partial charge on any atom is -0.341 e. The molecule has 0 radical (unpaired) electrons. The maximum atomic E-state index is 12.9. The molecule has 1 saturated carbocycles. The molecule has 1 aromatic carbocycles. The summed E-state index contributed by atoms with van der Waals surface area (Å²) < 4.78 is 2.24. The van der Waals surface area contributed by atoms with Crippen molar-refractivity contribution >= 4 is 35.1 Å². The third kappa shape index (κ3) is 4.06. The van der Waals surface area contributed by atoms with Crippen LogP contribution in [0, 0.1) is 0 Å². The highest BCUT2D eigenvalue weighted by molar-refractivity contribution is 8.00. The first-order chi connectivity index (χ1) is 13.5. The van der Waals surface area contributed by atoms with Crippen molar-refractivity contribution in [3.05, 3.63) is 29.8 Å². The van der Waals surface area contributed by atoms with Crippen LogP contribution in [-0.2, 0) is 4.79 Å². The summed E-state index contributed by atoms with van der Waals surface area (Å²) in [6, 6.07) is 7.49. The molecular weight excluding hydrogens is 374 g/mol. The predicted molar refractivity (Wildman–Crippen MR) is 110 cm³/mol. The van der Waals surface area contributed by atoms with Crippen LogP contribution in [0.5, 0.6) is 0 Å². The number of ketones is 1. The highest BCUT2D eigenvalue weighted by Gasteiger charge is 2.33. The second-order valence-electron chi connectivity index (χ2n) is 7.46. The van der Waals surface area contributed by atoms with Crippen molar-refractivity contribution in [2.24, 2.45) is 0 Å². The minimum atomic E-state index is -0.264. The fraction of sp³-hybridized carbons (Fsp3) is 0.500. The third-order valence-corrected chi connectivity index (χ3v) is 6.15. The molecule has 2 aliphatic rings. The summed E-state index contributed by atoms with van der Waals surface area (Å²) in [5.74, 6) is 0.880. The van der Waals surface area contributed by atoms with Crippen LogP contribution in [0.2, 0.25) is 0 Å². The third-order valence-electron chi connectivity index (χ3n) is 5.09. The Bertz CT molecular complexity index is 869. The molecule has 1 atom stereocenters. The van der Waals surface area contributed by atoms with Crippen molar-refractivity contribution < 1.29 is 9.59 Å². The lowest BCUT2D eigenvalue weighted by Crippen LogP contribution is -2.22. The molecule has 1 N–H and O–H groups in total. The van der Waals surface area contributed by atoms with E-state index in [0.29, 0.717) is 17.3 Å². The number of carbonyl (C=O) groups excluding carboxylic acids is 2. The van der Waals surface area contributed by atoms with Crippen molar-refractivity contribution in [2.75, 3.05) is 23.3 Å². The van der Waals surface area contributed by atoms with Crippen molar-refractivity contribution in [1.82, 2.24) is 14.8 Å². The van der Waals surface area contributed by atoms with E-state index in [9.17, 15) is 9.59 Å². The number of benzene rings is 1. The van der Waals surface area contributed by atoms with E-state index in [4.69, 9.17) is 0 Å². The van der Waals surface area contributed by atoms with Crippen LogP contribution in [0.1, 0.15) is 55.9 Å². The van der Waals surface area contributed by atoms with E-state index in [1.807, 2.05) is 6.92 Å². The predicted octanol–water partition coefficient (Wildman–Crippen LogP) is 3.54. The number of rotatable bonds is 7. The summed E-state index contributed by atoms with van der Waals surface area (Å²) in [7, 11) is 0. The molecule has 0 spiro atoms. The molecule has 7 nitrogen and oxygen atoms in total. The number of thioether (sulfide) groups is 1. The van der Waals surface area contributed by atoms with Gasteiger partial charge in [0.1, 0.15) is 0 Å². The lowest BCUT2D eigenvalue weighted by molar-refractivity contribution is -0.114. The van der Waals surface area contributed by atoms with Gasteiger partial charge in [0.25, 0.3) is 0 Å². The Balaban J connectivity index is 1.48. The minimum absolute atomic E-state index is 0.0486. The Morgan fingerprint density at radius 2 is 1.82 bits per heavy atom. The van der Waals surface area contributed by atoms with Crippen LogP contribution in [0.25, 0.3) is 0 Å². The number of carbonyl (C=O) groups is 2. The van der Waals surface area contributed by atoms with Crippen LogP contribution >= 0.6 is 11.8 Å². The highest BCUT2D eigenvalue weighted by Crippen LogP contribution is 2.42. The van der Waals surface area contributed by atoms with Crippen molar-refractivity contribution in [3.63, 3.8) is 0 Å². The summed E-state index contributed by atoms with van der Waals surface area (Å²) in [6.07, 6.45) is 4.70. The number of hydrogen-bond donors (Lipinski definition) is 1. The molecule has 1 aromatic heterocycles. The van der Waals surface area contributed by atoms with Crippen molar-refractivity contribution in [3.8, 4) is 0 Å². The van der Waals surface area contributed by atoms with E-state index in [2.05, 4.69) is 25.0 Å². The maximum Gasteiger partial charge on any atom is 0.228 e. The Morgan fingerprint density at radius 3 is 2.43 bits per heavy atom. The van der Waals surface area contributed by atoms with Crippen LogP contribution in [0.3, 0.4) is 0 Å². The molecule has 2 fully saturated rings. The molecule has 1 amide bonds. The summed E-state index contributed by atoms with van der Waals surface area (Å²) >= 11 is 1.48. The zero-order valence-corrected chi connectivity index (χ0v) is 17.0. The molecule has 1 unspecified atom stereocenters. The first kappa shape index (κ1) is 19.0. The molecule has 1 aliphatic heterocycles. The smallest absolute Gasteiger partial charge is 0.228 e. The summed E-state index contributed by atoms with van der Waals surface area (Å²) in [5, 5.41) is 12.2. The number of aromatic nitrogens is 3. The quantitative estimate of drug-likeness (QED) is 0.567.